The largest absolute Gasteiger partial charge is 0.282 e. The van der Waals surface area contributed by atoms with E-state index in [4.69, 9.17) is 0 Å². The van der Waals surface area contributed by atoms with Crippen molar-refractivity contribution >= 4 is 29.1 Å². The molecule has 3 fully saturated rings. The van der Waals surface area contributed by atoms with E-state index in [1.807, 2.05) is 6.92 Å². The van der Waals surface area contributed by atoms with E-state index in [-0.39, 0.29) is 35.5 Å². The fourth-order valence-electron chi connectivity index (χ4n) is 4.96. The van der Waals surface area contributed by atoms with Crippen molar-refractivity contribution in [3.8, 4) is 0 Å². The van der Waals surface area contributed by atoms with Crippen LogP contribution >= 0.6 is 11.3 Å². The third kappa shape index (κ3) is 1.70. The van der Waals surface area contributed by atoms with Crippen LogP contribution in [0.25, 0.3) is 0 Å². The molecule has 6 rings (SSSR count). The van der Waals surface area contributed by atoms with Gasteiger partial charge in [0.15, 0.2) is 0 Å². The SMILES string of the molecule is Cc1nc(C)c(C(=O)NN2C(=O)[C@@H]3C4C=CC(C5CC54)[C@@H]3C2=O)s1. The maximum absolute atomic E-state index is 12.8. The summed E-state index contributed by atoms with van der Waals surface area (Å²) < 4.78 is 0. The zero-order valence-electron chi connectivity index (χ0n) is 13.4. The van der Waals surface area contributed by atoms with Crippen LogP contribution in [0, 0.1) is 49.4 Å². The molecule has 2 heterocycles. The van der Waals surface area contributed by atoms with Crippen LogP contribution in [0.4, 0.5) is 0 Å². The zero-order valence-corrected chi connectivity index (χ0v) is 14.2. The number of amides is 3. The maximum Gasteiger partial charge on any atom is 0.282 e. The van der Waals surface area contributed by atoms with Crippen molar-refractivity contribution in [2.75, 3.05) is 0 Å². The predicted octanol–water partition coefficient (Wildman–Crippen LogP) is 1.46. The Hall–Kier alpha value is -2.02. The summed E-state index contributed by atoms with van der Waals surface area (Å²) in [5.74, 6) is -0.0685. The van der Waals surface area contributed by atoms with Gasteiger partial charge in [-0.1, -0.05) is 12.2 Å². The summed E-state index contributed by atoms with van der Waals surface area (Å²) in [5, 5.41) is 1.76. The van der Waals surface area contributed by atoms with Crippen molar-refractivity contribution in [1.82, 2.24) is 15.4 Å². The van der Waals surface area contributed by atoms with Gasteiger partial charge in [-0.2, -0.15) is 5.01 Å². The van der Waals surface area contributed by atoms with Gasteiger partial charge in [-0.3, -0.25) is 19.8 Å². The highest BCUT2D eigenvalue weighted by molar-refractivity contribution is 7.13. The van der Waals surface area contributed by atoms with E-state index in [2.05, 4.69) is 22.6 Å². The number of rotatable bonds is 2. The second kappa shape index (κ2) is 4.53. The number of aromatic nitrogens is 1. The number of nitrogens with zero attached hydrogens (tertiary/aromatic N) is 2. The van der Waals surface area contributed by atoms with Gasteiger partial charge in [0.1, 0.15) is 4.88 Å². The van der Waals surface area contributed by atoms with Crippen molar-refractivity contribution in [3.63, 3.8) is 0 Å². The molecule has 1 saturated heterocycles. The fourth-order valence-corrected chi connectivity index (χ4v) is 5.77. The molecule has 7 heteroatoms. The van der Waals surface area contributed by atoms with Gasteiger partial charge >= 0.3 is 0 Å². The van der Waals surface area contributed by atoms with Crippen molar-refractivity contribution < 1.29 is 14.4 Å². The highest BCUT2D eigenvalue weighted by Gasteiger charge is 2.67. The lowest BCUT2D eigenvalue weighted by molar-refractivity contribution is -0.143. The second-order valence-electron chi connectivity index (χ2n) is 7.25. The number of hydrazine groups is 1. The van der Waals surface area contributed by atoms with Crippen LogP contribution < -0.4 is 5.43 Å². The minimum absolute atomic E-state index is 0.163. The van der Waals surface area contributed by atoms with Gasteiger partial charge in [-0.25, -0.2) is 4.98 Å². The predicted molar refractivity (Wildman–Crippen MR) is 85.6 cm³/mol. The molecule has 1 aliphatic heterocycles. The molecule has 3 amide bonds. The van der Waals surface area contributed by atoms with E-state index in [0.29, 0.717) is 22.4 Å². The van der Waals surface area contributed by atoms with Crippen LogP contribution in [-0.2, 0) is 9.59 Å². The van der Waals surface area contributed by atoms with Gasteiger partial charge in [0.05, 0.1) is 22.5 Å². The minimum Gasteiger partial charge on any atom is -0.272 e. The molecule has 1 N–H and O–H groups in total. The standard InChI is InChI=1S/C17H17N3O3S/c1-6-14(24-7(2)18-6)15(21)19-20-16(22)12-8-3-4-9(11-5-10(8)11)13(12)17(20)23/h3-4,8-13H,5H2,1-2H3,(H,19,21)/t8?,9?,10?,11?,12-,13+. The molecule has 4 aliphatic carbocycles. The Balaban J connectivity index is 1.42. The molecular formula is C17H17N3O3S. The molecule has 0 radical (unpaired) electrons. The number of carbonyl (C=O) groups is 3. The van der Waals surface area contributed by atoms with Gasteiger partial charge in [0.25, 0.3) is 17.7 Å². The van der Waals surface area contributed by atoms with Crippen LogP contribution in [0.15, 0.2) is 12.2 Å². The lowest BCUT2D eigenvalue weighted by Crippen LogP contribution is -2.46. The van der Waals surface area contributed by atoms with Crippen LogP contribution in [0.2, 0.25) is 0 Å². The molecule has 0 spiro atoms. The number of imide groups is 1. The van der Waals surface area contributed by atoms with Crippen LogP contribution in [0.5, 0.6) is 0 Å². The Kier molecular flexibility index (Phi) is 2.71. The zero-order chi connectivity index (χ0) is 16.7. The van der Waals surface area contributed by atoms with Crippen molar-refractivity contribution in [1.29, 1.82) is 0 Å². The highest BCUT2D eigenvalue weighted by Crippen LogP contribution is 2.65. The Labute approximate surface area is 142 Å². The molecular weight excluding hydrogens is 326 g/mol. The number of hydrogen-bond donors (Lipinski definition) is 1. The third-order valence-corrected chi connectivity index (χ3v) is 7.06. The van der Waals surface area contributed by atoms with Gasteiger partial charge in [-0.15, -0.1) is 11.3 Å². The summed E-state index contributed by atoms with van der Waals surface area (Å²) in [6, 6.07) is 0. The number of carbonyl (C=O) groups excluding carboxylic acids is 3. The van der Waals surface area contributed by atoms with E-state index >= 15 is 0 Å². The Morgan fingerprint density at radius 2 is 1.75 bits per heavy atom. The molecule has 5 aliphatic rings. The summed E-state index contributed by atoms with van der Waals surface area (Å²) in [6.07, 6.45) is 5.36. The Morgan fingerprint density at radius 1 is 1.17 bits per heavy atom. The molecule has 2 saturated carbocycles. The first-order valence-electron chi connectivity index (χ1n) is 8.28. The Morgan fingerprint density at radius 3 is 2.25 bits per heavy atom. The smallest absolute Gasteiger partial charge is 0.272 e. The number of nitrogens with one attached hydrogen (secondary N) is 1. The molecule has 2 bridgehead atoms. The average Bonchev–Trinajstić information content (AvgIpc) is 3.26. The minimum atomic E-state index is -0.427. The average molecular weight is 343 g/mol. The maximum atomic E-state index is 12.8. The van der Waals surface area contributed by atoms with Crippen molar-refractivity contribution in [2.24, 2.45) is 35.5 Å². The number of aryl methyl sites for hydroxylation is 2. The van der Waals surface area contributed by atoms with E-state index < -0.39 is 5.91 Å². The number of hydrogen-bond acceptors (Lipinski definition) is 5. The van der Waals surface area contributed by atoms with Gasteiger partial charge < -0.3 is 0 Å². The summed E-state index contributed by atoms with van der Waals surface area (Å²) in [7, 11) is 0. The highest BCUT2D eigenvalue weighted by atomic mass is 32.1. The van der Waals surface area contributed by atoms with E-state index in [1.165, 1.54) is 11.3 Å². The molecule has 0 aromatic carbocycles. The molecule has 124 valence electrons. The Bertz CT molecular complexity index is 793. The van der Waals surface area contributed by atoms with Gasteiger partial charge in [-0.05, 0) is 43.9 Å². The van der Waals surface area contributed by atoms with Crippen molar-refractivity contribution in [2.45, 2.75) is 20.3 Å². The summed E-state index contributed by atoms with van der Waals surface area (Å²) in [6.45, 7) is 3.58. The first-order valence-corrected chi connectivity index (χ1v) is 9.10. The molecule has 4 unspecified atom stereocenters. The van der Waals surface area contributed by atoms with Crippen LogP contribution in [0.3, 0.4) is 0 Å². The monoisotopic (exact) mass is 343 g/mol. The van der Waals surface area contributed by atoms with Crippen molar-refractivity contribution in [3.05, 3.63) is 27.7 Å². The van der Waals surface area contributed by atoms with Crippen LogP contribution in [0.1, 0.15) is 26.8 Å². The first kappa shape index (κ1) is 14.3. The molecule has 6 atom stereocenters. The number of thiazole rings is 1. The normalized spacial score (nSPS) is 38.3. The van der Waals surface area contributed by atoms with E-state index in [9.17, 15) is 14.4 Å². The molecule has 24 heavy (non-hydrogen) atoms. The van der Waals surface area contributed by atoms with E-state index in [0.717, 1.165) is 16.4 Å². The molecule has 6 nitrogen and oxygen atoms in total. The fraction of sp³-hybridized carbons (Fsp3) is 0.529. The topological polar surface area (TPSA) is 79.4 Å². The summed E-state index contributed by atoms with van der Waals surface area (Å²) >= 11 is 1.27. The van der Waals surface area contributed by atoms with Gasteiger partial charge in [0.2, 0.25) is 0 Å². The van der Waals surface area contributed by atoms with E-state index in [1.54, 1.807) is 6.92 Å². The first-order chi connectivity index (χ1) is 11.5. The summed E-state index contributed by atoms with van der Waals surface area (Å²) in [5.41, 5.74) is 3.16. The van der Waals surface area contributed by atoms with Gasteiger partial charge in [0, 0.05) is 0 Å². The molecule has 1 aromatic rings. The summed E-state index contributed by atoms with van der Waals surface area (Å²) in [4.78, 5) is 42.8. The third-order valence-electron chi connectivity index (χ3n) is 5.99. The van der Waals surface area contributed by atoms with Crippen LogP contribution in [-0.4, -0.2) is 27.7 Å². The quantitative estimate of drug-likeness (QED) is 0.651. The lowest BCUT2D eigenvalue weighted by atomic mass is 9.63. The lowest BCUT2D eigenvalue weighted by Gasteiger charge is -2.37. The second-order valence-corrected chi connectivity index (χ2v) is 8.46. The number of allylic oxidation sites excluding steroid dienone is 2. The molecule has 1 aromatic heterocycles.